The third-order valence-corrected chi connectivity index (χ3v) is 12.0. The number of H-pyrrole nitrogens is 2. The minimum atomic E-state index is 0.895. The molecule has 4 nitrogen and oxygen atoms in total. The number of nitrogens with zero attached hydrogens (tertiary/aromatic N) is 2. The fourth-order valence-corrected chi connectivity index (χ4v) is 9.55. The number of hydrogen-bond acceptors (Lipinski definition) is 2. The maximum Gasteiger partial charge on any atom is 0.0737 e. The van der Waals surface area contributed by atoms with Crippen molar-refractivity contribution >= 4 is 111 Å². The molecule has 0 fully saturated rings. The molecule has 8 bridgehead atoms. The number of nitrogens with one attached hydrogen (secondary N) is 2. The van der Waals surface area contributed by atoms with E-state index in [2.05, 4.69) is 180 Å². The zero-order valence-electron chi connectivity index (χ0n) is 30.1. The van der Waals surface area contributed by atoms with Crippen LogP contribution in [0.2, 0.25) is 0 Å². The molecule has 8 aromatic carbocycles. The Hall–Kier alpha value is -7.56. The molecule has 0 spiro atoms. The second-order valence-electron chi connectivity index (χ2n) is 15.1. The van der Waals surface area contributed by atoms with Crippen molar-refractivity contribution in [3.8, 4) is 22.3 Å². The van der Waals surface area contributed by atoms with Gasteiger partial charge in [-0.15, -0.1) is 0 Å². The summed E-state index contributed by atoms with van der Waals surface area (Å²) in [6.07, 6.45) is 8.54. The average molecular weight is 711 g/mol. The van der Waals surface area contributed by atoms with Gasteiger partial charge < -0.3 is 9.97 Å². The molecule has 11 aromatic rings. The summed E-state index contributed by atoms with van der Waals surface area (Å²) >= 11 is 0. The first-order chi connectivity index (χ1) is 27.7. The maximum atomic E-state index is 5.29. The Morgan fingerprint density at radius 3 is 1.18 bits per heavy atom. The molecule has 0 radical (unpaired) electrons. The topological polar surface area (TPSA) is 57.4 Å². The van der Waals surface area contributed by atoms with Crippen LogP contribution >= 0.6 is 0 Å². The van der Waals surface area contributed by atoms with Crippen LogP contribution in [0.5, 0.6) is 0 Å². The Balaban J connectivity index is 1.09. The number of fused-ring (bicyclic) bond motifs is 8. The van der Waals surface area contributed by atoms with Crippen LogP contribution < -0.4 is 0 Å². The van der Waals surface area contributed by atoms with Crippen molar-refractivity contribution in [3.05, 3.63) is 168 Å². The highest BCUT2D eigenvalue weighted by molar-refractivity contribution is 6.27. The largest absolute Gasteiger partial charge is 0.355 e. The predicted octanol–water partition coefficient (Wildman–Crippen LogP) is 13.8. The zero-order chi connectivity index (χ0) is 36.5. The van der Waals surface area contributed by atoms with Crippen molar-refractivity contribution in [2.45, 2.75) is 0 Å². The normalized spacial score (nSPS) is 12.9. The fraction of sp³-hybridized carbons (Fsp3) is 0. The number of aromatic amines is 2. The Labute approximate surface area is 320 Å². The summed E-state index contributed by atoms with van der Waals surface area (Å²) in [5, 5.41) is 15.1. The number of benzene rings is 8. The zero-order valence-corrected chi connectivity index (χ0v) is 30.1. The first kappa shape index (κ1) is 29.8. The van der Waals surface area contributed by atoms with Gasteiger partial charge in [-0.2, -0.15) is 0 Å². The Morgan fingerprint density at radius 1 is 0.339 bits per heavy atom. The van der Waals surface area contributed by atoms with Crippen molar-refractivity contribution in [2.24, 2.45) is 0 Å². The van der Waals surface area contributed by atoms with Crippen molar-refractivity contribution in [3.63, 3.8) is 0 Å². The van der Waals surface area contributed by atoms with Crippen LogP contribution in [-0.4, -0.2) is 19.9 Å². The van der Waals surface area contributed by atoms with Gasteiger partial charge in [0.25, 0.3) is 0 Å². The van der Waals surface area contributed by atoms with E-state index in [0.717, 1.165) is 67.1 Å². The lowest BCUT2D eigenvalue weighted by molar-refractivity contribution is 1.31. The van der Waals surface area contributed by atoms with E-state index in [1.165, 1.54) is 64.6 Å². The van der Waals surface area contributed by atoms with Crippen LogP contribution in [0.25, 0.3) is 133 Å². The van der Waals surface area contributed by atoms with E-state index in [1.54, 1.807) is 0 Å². The highest BCUT2D eigenvalue weighted by Crippen LogP contribution is 2.43. The van der Waals surface area contributed by atoms with Crippen molar-refractivity contribution in [2.75, 3.05) is 0 Å². The quantitative estimate of drug-likeness (QED) is 0.176. The second kappa shape index (κ2) is 11.0. The van der Waals surface area contributed by atoms with E-state index >= 15 is 0 Å². The summed E-state index contributed by atoms with van der Waals surface area (Å²) in [6, 6.07) is 53.1. The van der Waals surface area contributed by atoms with Crippen LogP contribution in [0.15, 0.2) is 146 Å². The minimum Gasteiger partial charge on any atom is -0.355 e. The molecule has 3 aromatic heterocycles. The van der Waals surface area contributed by atoms with Crippen LogP contribution in [0.1, 0.15) is 22.8 Å². The smallest absolute Gasteiger partial charge is 0.0737 e. The lowest BCUT2D eigenvalue weighted by atomic mass is 9.89. The van der Waals surface area contributed by atoms with Crippen molar-refractivity contribution in [1.82, 2.24) is 19.9 Å². The molecule has 4 heteroatoms. The van der Waals surface area contributed by atoms with Gasteiger partial charge in [0.2, 0.25) is 0 Å². The lowest BCUT2D eigenvalue weighted by Gasteiger charge is -2.14. The van der Waals surface area contributed by atoms with Gasteiger partial charge in [-0.05, 0) is 136 Å². The summed E-state index contributed by atoms with van der Waals surface area (Å²) in [4.78, 5) is 18.1. The van der Waals surface area contributed by atoms with Gasteiger partial charge in [-0.3, -0.25) is 0 Å². The lowest BCUT2D eigenvalue weighted by Crippen LogP contribution is -1.90. The molecule has 0 amide bonds. The van der Waals surface area contributed by atoms with Crippen LogP contribution in [-0.2, 0) is 0 Å². The first-order valence-electron chi connectivity index (χ1n) is 19.1. The van der Waals surface area contributed by atoms with Crippen molar-refractivity contribution < 1.29 is 0 Å². The SMILES string of the molecule is C1=Cc2nc1cc1ccc([nH]1)c(-c1ccc3ccc4cccc5ccc1c3c45)c1nc(cc3ccc([nH]3)c2-c2ccc3ccc4cccc5ccc2c3c45)C=C1. The van der Waals surface area contributed by atoms with Gasteiger partial charge in [0, 0.05) is 33.2 Å². The molecule has 2 aliphatic rings. The number of rotatable bonds is 2. The van der Waals surface area contributed by atoms with E-state index in [-0.39, 0.29) is 0 Å². The van der Waals surface area contributed by atoms with Gasteiger partial charge >= 0.3 is 0 Å². The van der Waals surface area contributed by atoms with Gasteiger partial charge in [-0.1, -0.05) is 109 Å². The molecule has 0 aliphatic carbocycles. The summed E-state index contributed by atoms with van der Waals surface area (Å²) in [5.74, 6) is 0. The molecule has 0 saturated heterocycles. The van der Waals surface area contributed by atoms with E-state index in [1.807, 2.05) is 0 Å². The van der Waals surface area contributed by atoms with Crippen LogP contribution in [0.4, 0.5) is 0 Å². The maximum absolute atomic E-state index is 5.29. The third kappa shape index (κ3) is 4.24. The Morgan fingerprint density at radius 2 is 0.732 bits per heavy atom. The molecule has 5 heterocycles. The molecular formula is C52H30N4. The van der Waals surface area contributed by atoms with Crippen LogP contribution in [0, 0.1) is 0 Å². The number of aromatic nitrogens is 4. The van der Waals surface area contributed by atoms with E-state index < -0.39 is 0 Å². The minimum absolute atomic E-state index is 0.895. The first-order valence-corrected chi connectivity index (χ1v) is 19.1. The molecule has 0 saturated carbocycles. The summed E-state index contributed by atoms with van der Waals surface area (Å²) in [7, 11) is 0. The fourth-order valence-electron chi connectivity index (χ4n) is 9.55. The molecule has 2 aliphatic heterocycles. The summed E-state index contributed by atoms with van der Waals surface area (Å²) < 4.78 is 0. The molecule has 258 valence electrons. The Kier molecular flexibility index (Phi) is 5.86. The monoisotopic (exact) mass is 710 g/mol. The standard InChI is InChI=1S/C52H30N4/c1-3-29-7-9-33-13-21-41(39-19-11-31(5-1)47(29)49(33)39)51-43-23-15-35(53-43)27-37-17-25-45(55-37)52(46-26-18-38(56-46)28-36-16-24-44(51)54-36)42-22-14-34-10-8-30-4-2-6-32-12-20-40(42)50(34)48(30)32/h1-28,53,56H. The molecule has 0 unspecified atom stereocenters. The van der Waals surface area contributed by atoms with E-state index in [0.29, 0.717) is 0 Å². The molecule has 56 heavy (non-hydrogen) atoms. The summed E-state index contributed by atoms with van der Waals surface area (Å²) in [5.41, 5.74) is 12.1. The molecule has 13 rings (SSSR count). The van der Waals surface area contributed by atoms with E-state index in [4.69, 9.17) is 9.97 Å². The van der Waals surface area contributed by atoms with Gasteiger partial charge in [0.05, 0.1) is 22.8 Å². The average Bonchev–Trinajstić information content (AvgIpc) is 4.08. The summed E-state index contributed by atoms with van der Waals surface area (Å²) in [6.45, 7) is 0. The molecule has 2 N–H and O–H groups in total. The highest BCUT2D eigenvalue weighted by atomic mass is 14.8. The van der Waals surface area contributed by atoms with Crippen LogP contribution in [0.3, 0.4) is 0 Å². The van der Waals surface area contributed by atoms with Crippen molar-refractivity contribution in [1.29, 1.82) is 0 Å². The second-order valence-corrected chi connectivity index (χ2v) is 15.1. The van der Waals surface area contributed by atoms with Gasteiger partial charge in [0.1, 0.15) is 0 Å². The predicted molar refractivity (Wildman–Crippen MR) is 237 cm³/mol. The third-order valence-electron chi connectivity index (χ3n) is 12.0. The molecule has 0 atom stereocenters. The number of hydrogen-bond donors (Lipinski definition) is 2. The molecular weight excluding hydrogens is 681 g/mol. The van der Waals surface area contributed by atoms with Gasteiger partial charge in [-0.25, -0.2) is 9.97 Å². The van der Waals surface area contributed by atoms with Gasteiger partial charge in [0.15, 0.2) is 0 Å². The van der Waals surface area contributed by atoms with E-state index in [9.17, 15) is 0 Å². The Bertz CT molecular complexity index is 3430. The highest BCUT2D eigenvalue weighted by Gasteiger charge is 2.19.